The van der Waals surface area contributed by atoms with E-state index < -0.39 is 11.9 Å². The molecule has 0 radical (unpaired) electrons. The highest BCUT2D eigenvalue weighted by molar-refractivity contribution is 6.32. The van der Waals surface area contributed by atoms with Gasteiger partial charge in [-0.1, -0.05) is 11.6 Å². The zero-order valence-corrected chi connectivity index (χ0v) is 9.90. The van der Waals surface area contributed by atoms with Gasteiger partial charge in [0.15, 0.2) is 0 Å². The molecule has 2 rings (SSSR count). The van der Waals surface area contributed by atoms with Gasteiger partial charge < -0.3 is 10.5 Å². The van der Waals surface area contributed by atoms with Gasteiger partial charge in [-0.05, 0) is 18.2 Å². The van der Waals surface area contributed by atoms with Crippen molar-refractivity contribution in [3.05, 3.63) is 23.2 Å². The van der Waals surface area contributed by atoms with Crippen molar-refractivity contribution in [2.45, 2.75) is 12.5 Å². The maximum Gasteiger partial charge on any atom is 0.251 e. The van der Waals surface area contributed by atoms with E-state index in [0.717, 1.165) is 4.90 Å². The molecule has 2 amide bonds. The molecule has 90 valence electrons. The summed E-state index contributed by atoms with van der Waals surface area (Å²) in [5.41, 5.74) is 5.94. The minimum Gasteiger partial charge on any atom is -0.495 e. The lowest BCUT2D eigenvalue weighted by Crippen LogP contribution is -2.35. The summed E-state index contributed by atoms with van der Waals surface area (Å²) >= 11 is 5.93. The SMILES string of the molecule is COc1ccc(N2C(=O)C[C@H](N)C2=O)cc1Cl. The number of hydrogen-bond donors (Lipinski definition) is 1. The average Bonchev–Trinajstić information content (AvgIpc) is 2.53. The fraction of sp³-hybridized carbons (Fsp3) is 0.273. The van der Waals surface area contributed by atoms with E-state index >= 15 is 0 Å². The summed E-state index contributed by atoms with van der Waals surface area (Å²) in [7, 11) is 1.49. The van der Waals surface area contributed by atoms with Gasteiger partial charge in [-0.3, -0.25) is 9.59 Å². The number of carbonyl (C=O) groups excluding carboxylic acids is 2. The number of ether oxygens (including phenoxy) is 1. The fourth-order valence-corrected chi connectivity index (χ4v) is 1.97. The predicted molar refractivity (Wildman–Crippen MR) is 63.1 cm³/mol. The third-order valence-corrected chi connectivity index (χ3v) is 2.87. The second kappa shape index (κ2) is 4.35. The van der Waals surface area contributed by atoms with E-state index in [1.54, 1.807) is 12.1 Å². The quantitative estimate of drug-likeness (QED) is 0.798. The van der Waals surface area contributed by atoms with Crippen LogP contribution in [0.1, 0.15) is 6.42 Å². The number of carbonyl (C=O) groups is 2. The molecule has 1 saturated heterocycles. The monoisotopic (exact) mass is 254 g/mol. The smallest absolute Gasteiger partial charge is 0.251 e. The summed E-state index contributed by atoms with van der Waals surface area (Å²) in [6, 6.07) is 3.94. The van der Waals surface area contributed by atoms with Crippen molar-refractivity contribution in [1.29, 1.82) is 0 Å². The van der Waals surface area contributed by atoms with Crippen LogP contribution < -0.4 is 15.4 Å². The first-order valence-corrected chi connectivity index (χ1v) is 5.38. The van der Waals surface area contributed by atoms with Crippen LogP contribution in [-0.2, 0) is 9.59 Å². The lowest BCUT2D eigenvalue weighted by Gasteiger charge is -2.15. The highest BCUT2D eigenvalue weighted by Crippen LogP contribution is 2.31. The van der Waals surface area contributed by atoms with Crippen molar-refractivity contribution in [3.63, 3.8) is 0 Å². The van der Waals surface area contributed by atoms with Crippen LogP contribution in [0, 0.1) is 0 Å². The van der Waals surface area contributed by atoms with Gasteiger partial charge in [0.25, 0.3) is 5.91 Å². The van der Waals surface area contributed by atoms with E-state index in [4.69, 9.17) is 22.1 Å². The molecule has 2 N–H and O–H groups in total. The van der Waals surface area contributed by atoms with Crippen LogP contribution in [0.2, 0.25) is 5.02 Å². The van der Waals surface area contributed by atoms with Crippen LogP contribution in [0.25, 0.3) is 0 Å². The molecule has 1 aliphatic heterocycles. The maximum absolute atomic E-state index is 11.7. The number of rotatable bonds is 2. The summed E-state index contributed by atoms with van der Waals surface area (Å²) in [6.07, 6.45) is 0.0302. The van der Waals surface area contributed by atoms with E-state index in [1.807, 2.05) is 0 Å². The Kier molecular flexibility index (Phi) is 3.04. The molecule has 1 aromatic carbocycles. The Morgan fingerprint density at radius 1 is 1.47 bits per heavy atom. The van der Waals surface area contributed by atoms with E-state index in [2.05, 4.69) is 0 Å². The molecule has 6 heteroatoms. The molecule has 0 bridgehead atoms. The predicted octanol–water partition coefficient (Wildman–Crippen LogP) is 0.939. The molecule has 0 aliphatic carbocycles. The lowest BCUT2D eigenvalue weighted by atomic mass is 10.2. The van der Waals surface area contributed by atoms with Gasteiger partial charge in [-0.2, -0.15) is 0 Å². The molecular formula is C11H11ClN2O3. The summed E-state index contributed by atoms with van der Waals surface area (Å²) < 4.78 is 4.99. The Hall–Kier alpha value is -1.59. The van der Waals surface area contributed by atoms with Crippen LogP contribution in [0.5, 0.6) is 5.75 Å². The molecular weight excluding hydrogens is 244 g/mol. The average molecular weight is 255 g/mol. The molecule has 0 spiro atoms. The van der Waals surface area contributed by atoms with Crippen LogP contribution in [-0.4, -0.2) is 25.0 Å². The van der Waals surface area contributed by atoms with Gasteiger partial charge in [0, 0.05) is 0 Å². The Morgan fingerprint density at radius 2 is 2.18 bits per heavy atom. The van der Waals surface area contributed by atoms with E-state index in [0.29, 0.717) is 16.5 Å². The van der Waals surface area contributed by atoms with Gasteiger partial charge >= 0.3 is 0 Å². The summed E-state index contributed by atoms with van der Waals surface area (Å²) in [5, 5.41) is 0.339. The Labute approximate surface area is 103 Å². The van der Waals surface area contributed by atoms with Crippen LogP contribution in [0.3, 0.4) is 0 Å². The number of nitrogens with two attached hydrogens (primary N) is 1. The van der Waals surface area contributed by atoms with Crippen molar-refractivity contribution in [1.82, 2.24) is 0 Å². The van der Waals surface area contributed by atoms with Crippen LogP contribution >= 0.6 is 11.6 Å². The molecule has 1 aliphatic rings. The zero-order valence-electron chi connectivity index (χ0n) is 9.14. The number of anilines is 1. The third-order valence-electron chi connectivity index (χ3n) is 2.58. The minimum absolute atomic E-state index is 0.0302. The van der Waals surface area contributed by atoms with Crippen molar-refractivity contribution in [2.75, 3.05) is 12.0 Å². The third kappa shape index (κ3) is 1.99. The number of hydrogen-bond acceptors (Lipinski definition) is 4. The van der Waals surface area contributed by atoms with E-state index in [9.17, 15) is 9.59 Å². The molecule has 17 heavy (non-hydrogen) atoms. The van der Waals surface area contributed by atoms with Gasteiger partial charge in [-0.15, -0.1) is 0 Å². The normalized spacial score (nSPS) is 19.9. The molecule has 0 aromatic heterocycles. The zero-order chi connectivity index (χ0) is 12.6. The number of methoxy groups -OCH3 is 1. The second-order valence-electron chi connectivity index (χ2n) is 3.70. The Balaban J connectivity index is 2.38. The van der Waals surface area contributed by atoms with Crippen molar-refractivity contribution < 1.29 is 14.3 Å². The number of amides is 2. The number of nitrogens with zero attached hydrogens (tertiary/aromatic N) is 1. The summed E-state index contributed by atoms with van der Waals surface area (Å²) in [6.45, 7) is 0. The number of imide groups is 1. The summed E-state index contributed by atoms with van der Waals surface area (Å²) in [4.78, 5) is 24.4. The number of halogens is 1. The van der Waals surface area contributed by atoms with E-state index in [-0.39, 0.29) is 12.3 Å². The molecule has 0 unspecified atom stereocenters. The number of benzene rings is 1. The fourth-order valence-electron chi connectivity index (χ4n) is 1.72. The van der Waals surface area contributed by atoms with Gasteiger partial charge in [0.1, 0.15) is 5.75 Å². The Morgan fingerprint density at radius 3 is 2.65 bits per heavy atom. The van der Waals surface area contributed by atoms with E-state index in [1.165, 1.54) is 13.2 Å². The summed E-state index contributed by atoms with van der Waals surface area (Å²) in [5.74, 6) is -0.237. The van der Waals surface area contributed by atoms with Crippen molar-refractivity contribution in [2.24, 2.45) is 5.73 Å². The van der Waals surface area contributed by atoms with Crippen LogP contribution in [0.4, 0.5) is 5.69 Å². The molecule has 1 heterocycles. The molecule has 1 fully saturated rings. The first kappa shape index (κ1) is 11.9. The highest BCUT2D eigenvalue weighted by atomic mass is 35.5. The first-order valence-electron chi connectivity index (χ1n) is 5.00. The molecule has 1 atom stereocenters. The van der Waals surface area contributed by atoms with Gasteiger partial charge in [-0.25, -0.2) is 4.90 Å². The molecule has 1 aromatic rings. The topological polar surface area (TPSA) is 72.6 Å². The van der Waals surface area contributed by atoms with Crippen molar-refractivity contribution in [3.8, 4) is 5.75 Å². The first-order chi connectivity index (χ1) is 8.04. The second-order valence-corrected chi connectivity index (χ2v) is 4.10. The molecule has 5 nitrogen and oxygen atoms in total. The molecule has 0 saturated carbocycles. The van der Waals surface area contributed by atoms with Gasteiger partial charge in [0.2, 0.25) is 5.91 Å². The lowest BCUT2D eigenvalue weighted by molar-refractivity contribution is -0.121. The highest BCUT2D eigenvalue weighted by Gasteiger charge is 2.37. The Bertz CT molecular complexity index is 490. The minimum atomic E-state index is -0.761. The maximum atomic E-state index is 11.7. The van der Waals surface area contributed by atoms with Crippen molar-refractivity contribution >= 4 is 29.1 Å². The largest absolute Gasteiger partial charge is 0.495 e. The van der Waals surface area contributed by atoms with Gasteiger partial charge in [0.05, 0.1) is 30.3 Å². The van der Waals surface area contributed by atoms with Crippen LogP contribution in [0.15, 0.2) is 18.2 Å². The standard InChI is InChI=1S/C11H11ClN2O3/c1-17-9-3-2-6(4-7(9)12)14-10(15)5-8(13)11(14)16/h2-4,8H,5,13H2,1H3/t8-/m0/s1.